The second-order valence-corrected chi connectivity index (χ2v) is 6.76. The molecule has 0 spiro atoms. The minimum atomic E-state index is 0. The fourth-order valence-electron chi connectivity index (χ4n) is 3.81. The van der Waals surface area contributed by atoms with Crippen molar-refractivity contribution in [1.29, 1.82) is 0 Å². The van der Waals surface area contributed by atoms with E-state index in [2.05, 4.69) is 28.1 Å². The average Bonchev–Trinajstić information content (AvgIpc) is 3.19. The number of piperidine rings is 1. The lowest BCUT2D eigenvalue weighted by molar-refractivity contribution is 0.0711. The SMILES string of the molecule is Cl.O=C1c2ccccc2CN1CC1CCN(Cc2ccc[nH]2)CC1. The van der Waals surface area contributed by atoms with Crippen LogP contribution in [0.5, 0.6) is 0 Å². The zero-order valence-corrected chi connectivity index (χ0v) is 14.6. The van der Waals surface area contributed by atoms with Crippen molar-refractivity contribution in [2.75, 3.05) is 19.6 Å². The number of hydrogen-bond acceptors (Lipinski definition) is 2. The number of aromatic nitrogens is 1. The molecule has 0 aliphatic carbocycles. The number of H-pyrrole nitrogens is 1. The fourth-order valence-corrected chi connectivity index (χ4v) is 3.81. The molecule has 0 atom stereocenters. The van der Waals surface area contributed by atoms with E-state index in [1.165, 1.54) is 24.1 Å². The van der Waals surface area contributed by atoms with Gasteiger partial charge < -0.3 is 9.88 Å². The van der Waals surface area contributed by atoms with Crippen molar-refractivity contribution in [2.45, 2.75) is 25.9 Å². The van der Waals surface area contributed by atoms with E-state index in [9.17, 15) is 4.79 Å². The zero-order valence-electron chi connectivity index (χ0n) is 13.8. The number of aromatic amines is 1. The number of nitrogens with one attached hydrogen (secondary N) is 1. The Labute approximate surface area is 149 Å². The molecule has 0 radical (unpaired) electrons. The second kappa shape index (κ2) is 7.41. The van der Waals surface area contributed by atoms with Gasteiger partial charge in [0.25, 0.3) is 5.91 Å². The van der Waals surface area contributed by atoms with Crippen molar-refractivity contribution in [3.05, 3.63) is 59.4 Å². The first kappa shape index (κ1) is 17.1. The van der Waals surface area contributed by atoms with Crippen LogP contribution in [0.2, 0.25) is 0 Å². The number of rotatable bonds is 4. The van der Waals surface area contributed by atoms with Gasteiger partial charge in [0.2, 0.25) is 0 Å². The van der Waals surface area contributed by atoms with Crippen LogP contribution < -0.4 is 0 Å². The van der Waals surface area contributed by atoms with Gasteiger partial charge in [-0.25, -0.2) is 0 Å². The summed E-state index contributed by atoms with van der Waals surface area (Å²) in [7, 11) is 0. The predicted molar refractivity (Wildman–Crippen MR) is 97.2 cm³/mol. The molecule has 2 aromatic rings. The summed E-state index contributed by atoms with van der Waals surface area (Å²) < 4.78 is 0. The first-order chi connectivity index (χ1) is 11.3. The van der Waals surface area contributed by atoms with Gasteiger partial charge in [0.15, 0.2) is 0 Å². The Morgan fingerprint density at radius 2 is 1.88 bits per heavy atom. The number of nitrogens with zero attached hydrogens (tertiary/aromatic N) is 2. The van der Waals surface area contributed by atoms with Crippen LogP contribution in [0, 0.1) is 5.92 Å². The largest absolute Gasteiger partial charge is 0.364 e. The smallest absolute Gasteiger partial charge is 0.254 e. The Morgan fingerprint density at radius 3 is 2.58 bits per heavy atom. The molecule has 1 N–H and O–H groups in total. The molecule has 1 aromatic carbocycles. The summed E-state index contributed by atoms with van der Waals surface area (Å²) in [5, 5.41) is 0. The van der Waals surface area contributed by atoms with Crippen LogP contribution in [-0.2, 0) is 13.1 Å². The van der Waals surface area contributed by atoms with E-state index in [1.807, 2.05) is 29.3 Å². The third-order valence-corrected chi connectivity index (χ3v) is 5.14. The molecule has 128 valence electrons. The van der Waals surface area contributed by atoms with Crippen molar-refractivity contribution in [3.63, 3.8) is 0 Å². The van der Waals surface area contributed by atoms with Crippen LogP contribution in [-0.4, -0.2) is 40.3 Å². The lowest BCUT2D eigenvalue weighted by Gasteiger charge is -2.33. The van der Waals surface area contributed by atoms with Gasteiger partial charge >= 0.3 is 0 Å². The highest BCUT2D eigenvalue weighted by Gasteiger charge is 2.30. The van der Waals surface area contributed by atoms with Gasteiger partial charge in [-0.05, 0) is 55.6 Å². The standard InChI is InChI=1S/C19H23N3O.ClH/c23-19-18-6-2-1-4-16(18)13-22(19)12-15-7-10-21(11-8-15)14-17-5-3-9-20-17;/h1-6,9,15,20H,7-8,10-14H2;1H. The summed E-state index contributed by atoms with van der Waals surface area (Å²) in [4.78, 5) is 20.3. The Bertz CT molecular complexity index is 678. The zero-order chi connectivity index (χ0) is 15.6. The van der Waals surface area contributed by atoms with Gasteiger partial charge in [0.1, 0.15) is 0 Å². The number of benzene rings is 1. The van der Waals surface area contributed by atoms with E-state index in [4.69, 9.17) is 0 Å². The van der Waals surface area contributed by atoms with Crippen molar-refractivity contribution < 1.29 is 4.79 Å². The molecule has 1 aromatic heterocycles. The fraction of sp³-hybridized carbons (Fsp3) is 0.421. The van der Waals surface area contributed by atoms with E-state index in [0.717, 1.165) is 38.3 Å². The number of amides is 1. The van der Waals surface area contributed by atoms with Crippen LogP contribution in [0.25, 0.3) is 0 Å². The molecule has 1 fully saturated rings. The molecular formula is C19H24ClN3O. The van der Waals surface area contributed by atoms with Gasteiger partial charge in [-0.3, -0.25) is 9.69 Å². The molecule has 0 bridgehead atoms. The molecule has 2 aliphatic heterocycles. The molecule has 24 heavy (non-hydrogen) atoms. The van der Waals surface area contributed by atoms with Crippen molar-refractivity contribution in [2.24, 2.45) is 5.92 Å². The molecule has 4 rings (SSSR count). The highest BCUT2D eigenvalue weighted by atomic mass is 35.5. The average molecular weight is 346 g/mol. The maximum absolute atomic E-state index is 12.5. The molecule has 1 saturated heterocycles. The topological polar surface area (TPSA) is 39.3 Å². The minimum absolute atomic E-state index is 0. The number of hydrogen-bond donors (Lipinski definition) is 1. The van der Waals surface area contributed by atoms with Gasteiger partial charge in [0, 0.05) is 37.1 Å². The summed E-state index contributed by atoms with van der Waals surface area (Å²) in [6, 6.07) is 12.2. The van der Waals surface area contributed by atoms with Crippen molar-refractivity contribution >= 4 is 18.3 Å². The van der Waals surface area contributed by atoms with Gasteiger partial charge in [-0.15, -0.1) is 12.4 Å². The lowest BCUT2D eigenvalue weighted by Crippen LogP contribution is -2.38. The number of likely N-dealkylation sites (tertiary alicyclic amines) is 1. The number of fused-ring (bicyclic) bond motifs is 1. The van der Waals surface area contributed by atoms with Gasteiger partial charge in [0.05, 0.1) is 0 Å². The van der Waals surface area contributed by atoms with Crippen molar-refractivity contribution in [3.8, 4) is 0 Å². The van der Waals surface area contributed by atoms with Crippen LogP contribution >= 0.6 is 12.4 Å². The van der Waals surface area contributed by atoms with E-state index in [0.29, 0.717) is 5.92 Å². The number of carbonyl (C=O) groups is 1. The third-order valence-electron chi connectivity index (χ3n) is 5.14. The van der Waals surface area contributed by atoms with Crippen LogP contribution in [0.15, 0.2) is 42.6 Å². The summed E-state index contributed by atoms with van der Waals surface area (Å²) in [6.45, 7) is 4.95. The quantitative estimate of drug-likeness (QED) is 0.923. The molecule has 1 amide bonds. The van der Waals surface area contributed by atoms with E-state index >= 15 is 0 Å². The molecule has 3 heterocycles. The maximum atomic E-state index is 12.5. The Hall–Kier alpha value is -1.78. The van der Waals surface area contributed by atoms with E-state index in [1.54, 1.807) is 0 Å². The predicted octanol–water partition coefficient (Wildman–Crippen LogP) is 3.30. The summed E-state index contributed by atoms with van der Waals surface area (Å²) in [5.74, 6) is 0.850. The highest BCUT2D eigenvalue weighted by molar-refractivity contribution is 5.98. The normalized spacial score (nSPS) is 18.5. The molecule has 4 nitrogen and oxygen atoms in total. The third kappa shape index (κ3) is 3.50. The van der Waals surface area contributed by atoms with Crippen LogP contribution in [0.1, 0.15) is 34.5 Å². The Morgan fingerprint density at radius 1 is 1.08 bits per heavy atom. The second-order valence-electron chi connectivity index (χ2n) is 6.76. The monoisotopic (exact) mass is 345 g/mol. The first-order valence-electron chi connectivity index (χ1n) is 8.51. The van der Waals surface area contributed by atoms with Crippen molar-refractivity contribution in [1.82, 2.24) is 14.8 Å². The van der Waals surface area contributed by atoms with E-state index < -0.39 is 0 Å². The summed E-state index contributed by atoms with van der Waals surface area (Å²) >= 11 is 0. The Kier molecular flexibility index (Phi) is 5.27. The lowest BCUT2D eigenvalue weighted by atomic mass is 9.96. The van der Waals surface area contributed by atoms with Crippen LogP contribution in [0.3, 0.4) is 0 Å². The van der Waals surface area contributed by atoms with Gasteiger partial charge in [-0.2, -0.15) is 0 Å². The highest BCUT2D eigenvalue weighted by Crippen LogP contribution is 2.26. The summed E-state index contributed by atoms with van der Waals surface area (Å²) in [6.07, 6.45) is 4.35. The minimum Gasteiger partial charge on any atom is -0.364 e. The maximum Gasteiger partial charge on any atom is 0.254 e. The van der Waals surface area contributed by atoms with E-state index in [-0.39, 0.29) is 18.3 Å². The van der Waals surface area contributed by atoms with Crippen LogP contribution in [0.4, 0.5) is 0 Å². The molecule has 5 heteroatoms. The molecule has 0 unspecified atom stereocenters. The molecule has 2 aliphatic rings. The summed E-state index contributed by atoms with van der Waals surface area (Å²) in [5.41, 5.74) is 3.37. The Balaban J connectivity index is 0.00000169. The number of halogens is 1. The number of carbonyl (C=O) groups excluding carboxylic acids is 1. The van der Waals surface area contributed by atoms with Gasteiger partial charge in [-0.1, -0.05) is 18.2 Å². The first-order valence-corrected chi connectivity index (χ1v) is 8.51. The molecular weight excluding hydrogens is 322 g/mol. The molecule has 0 saturated carbocycles.